The van der Waals surface area contributed by atoms with Gasteiger partial charge in [-0.05, 0) is 61.9 Å². The molecular weight excluding hydrogens is 470 g/mol. The molecule has 37 heavy (non-hydrogen) atoms. The van der Waals surface area contributed by atoms with Crippen molar-refractivity contribution in [3.05, 3.63) is 77.5 Å². The van der Waals surface area contributed by atoms with Crippen molar-refractivity contribution < 1.29 is 23.7 Å². The van der Waals surface area contributed by atoms with Gasteiger partial charge in [-0.3, -0.25) is 4.90 Å². The Labute approximate surface area is 218 Å². The predicted octanol–water partition coefficient (Wildman–Crippen LogP) is 4.57. The summed E-state index contributed by atoms with van der Waals surface area (Å²) < 4.78 is 22.1. The highest BCUT2D eigenvalue weighted by atomic mass is 16.5. The maximum Gasteiger partial charge on any atom is 0.342 e. The largest absolute Gasteiger partial charge is 0.497 e. The molecule has 1 fully saturated rings. The van der Waals surface area contributed by atoms with E-state index in [0.29, 0.717) is 18.0 Å². The van der Waals surface area contributed by atoms with E-state index >= 15 is 0 Å². The van der Waals surface area contributed by atoms with Gasteiger partial charge in [0.25, 0.3) is 0 Å². The number of hydrogen-bond donors (Lipinski definition) is 0. The van der Waals surface area contributed by atoms with Gasteiger partial charge in [0.2, 0.25) is 0 Å². The van der Waals surface area contributed by atoms with Gasteiger partial charge in [0, 0.05) is 44.5 Å². The SMILES string of the molecule is COc1ccc(OC)c(COc2ccc(CN3CCN(c4ncccc4C(=O)OC(C)C)CC3)cc2)c1. The molecule has 1 aromatic heterocycles. The number of methoxy groups -OCH3 is 2. The van der Waals surface area contributed by atoms with Crippen LogP contribution in [0.5, 0.6) is 17.2 Å². The number of benzene rings is 2. The number of rotatable bonds is 10. The normalized spacial score (nSPS) is 13.9. The molecule has 0 atom stereocenters. The summed E-state index contributed by atoms with van der Waals surface area (Å²) in [5, 5.41) is 0. The lowest BCUT2D eigenvalue weighted by Crippen LogP contribution is -2.46. The first-order valence-corrected chi connectivity index (χ1v) is 12.5. The lowest BCUT2D eigenvalue weighted by atomic mass is 10.1. The summed E-state index contributed by atoms with van der Waals surface area (Å²) in [6.07, 6.45) is 1.56. The second-order valence-corrected chi connectivity index (χ2v) is 9.20. The Balaban J connectivity index is 1.30. The minimum atomic E-state index is -0.326. The van der Waals surface area contributed by atoms with E-state index in [0.717, 1.165) is 55.5 Å². The van der Waals surface area contributed by atoms with Crippen LogP contribution in [0.15, 0.2) is 60.8 Å². The molecule has 1 aliphatic rings. The number of hydrogen-bond acceptors (Lipinski definition) is 8. The van der Waals surface area contributed by atoms with Gasteiger partial charge in [-0.1, -0.05) is 12.1 Å². The first kappa shape index (κ1) is 26.3. The van der Waals surface area contributed by atoms with E-state index in [1.807, 2.05) is 44.2 Å². The van der Waals surface area contributed by atoms with Crippen LogP contribution in [0.2, 0.25) is 0 Å². The smallest absolute Gasteiger partial charge is 0.342 e. The Morgan fingerprint density at radius 3 is 2.35 bits per heavy atom. The van der Waals surface area contributed by atoms with Gasteiger partial charge in [0.05, 0.1) is 20.3 Å². The lowest BCUT2D eigenvalue weighted by Gasteiger charge is -2.36. The number of carbonyl (C=O) groups is 1. The van der Waals surface area contributed by atoms with Crippen LogP contribution >= 0.6 is 0 Å². The van der Waals surface area contributed by atoms with Gasteiger partial charge in [0.15, 0.2) is 0 Å². The van der Waals surface area contributed by atoms with Crippen molar-refractivity contribution in [2.45, 2.75) is 33.1 Å². The van der Waals surface area contributed by atoms with Crippen LogP contribution in [-0.4, -0.2) is 62.4 Å². The topological polar surface area (TPSA) is 73.4 Å². The fourth-order valence-electron chi connectivity index (χ4n) is 4.31. The molecule has 196 valence electrons. The standard InChI is InChI=1S/C29H35N3O5/c1-21(2)37-29(33)26-6-5-13-30-28(26)32-16-14-31(15-17-32)19-22-7-9-24(10-8-22)36-20-23-18-25(34-3)11-12-27(23)35-4/h5-13,18,21H,14-17,19-20H2,1-4H3. The monoisotopic (exact) mass is 505 g/mol. The maximum atomic E-state index is 12.5. The fraction of sp³-hybridized carbons (Fsp3) is 0.379. The Bertz CT molecular complexity index is 1170. The molecule has 0 spiro atoms. The molecule has 8 heteroatoms. The number of piperazine rings is 1. The van der Waals surface area contributed by atoms with Gasteiger partial charge in [0.1, 0.15) is 35.2 Å². The number of ether oxygens (including phenoxy) is 4. The van der Waals surface area contributed by atoms with E-state index in [1.165, 1.54) is 5.56 Å². The zero-order valence-electron chi connectivity index (χ0n) is 22.0. The van der Waals surface area contributed by atoms with Crippen LogP contribution in [0.3, 0.4) is 0 Å². The highest BCUT2D eigenvalue weighted by molar-refractivity contribution is 5.94. The van der Waals surface area contributed by atoms with Crippen LogP contribution in [-0.2, 0) is 17.9 Å². The van der Waals surface area contributed by atoms with Crippen LogP contribution in [0.1, 0.15) is 35.3 Å². The molecular formula is C29H35N3O5. The first-order valence-electron chi connectivity index (χ1n) is 12.5. The van der Waals surface area contributed by atoms with E-state index < -0.39 is 0 Å². The predicted molar refractivity (Wildman–Crippen MR) is 143 cm³/mol. The van der Waals surface area contributed by atoms with Crippen molar-refractivity contribution >= 4 is 11.8 Å². The summed E-state index contributed by atoms with van der Waals surface area (Å²) in [7, 11) is 3.29. The lowest BCUT2D eigenvalue weighted by molar-refractivity contribution is 0.0378. The van der Waals surface area contributed by atoms with E-state index in [2.05, 4.69) is 26.9 Å². The Hall–Kier alpha value is -3.78. The number of aromatic nitrogens is 1. The summed E-state index contributed by atoms with van der Waals surface area (Å²) in [6, 6.07) is 17.4. The molecule has 0 saturated carbocycles. The van der Waals surface area contributed by atoms with E-state index in [4.69, 9.17) is 18.9 Å². The molecule has 1 saturated heterocycles. The van der Waals surface area contributed by atoms with Crippen molar-refractivity contribution in [2.24, 2.45) is 0 Å². The minimum absolute atomic E-state index is 0.168. The molecule has 8 nitrogen and oxygen atoms in total. The average Bonchev–Trinajstić information content (AvgIpc) is 2.92. The van der Waals surface area contributed by atoms with Crippen molar-refractivity contribution in [3.8, 4) is 17.2 Å². The fourth-order valence-corrected chi connectivity index (χ4v) is 4.31. The molecule has 4 rings (SSSR count). The van der Waals surface area contributed by atoms with Crippen molar-refractivity contribution in [1.82, 2.24) is 9.88 Å². The van der Waals surface area contributed by atoms with Crippen LogP contribution in [0.4, 0.5) is 5.82 Å². The van der Waals surface area contributed by atoms with Crippen LogP contribution < -0.4 is 19.1 Å². The van der Waals surface area contributed by atoms with Gasteiger partial charge in [-0.15, -0.1) is 0 Å². The minimum Gasteiger partial charge on any atom is -0.497 e. The van der Waals surface area contributed by atoms with E-state index in [-0.39, 0.29) is 12.1 Å². The third kappa shape index (κ3) is 6.92. The Kier molecular flexibility index (Phi) is 8.85. The van der Waals surface area contributed by atoms with Gasteiger partial charge in [-0.2, -0.15) is 0 Å². The first-order chi connectivity index (χ1) is 18.0. The molecule has 0 amide bonds. The molecule has 1 aliphatic heterocycles. The molecule has 0 N–H and O–H groups in total. The summed E-state index contributed by atoms with van der Waals surface area (Å²) in [4.78, 5) is 21.6. The molecule has 3 aromatic rings. The average molecular weight is 506 g/mol. The second kappa shape index (κ2) is 12.5. The molecule has 0 radical (unpaired) electrons. The number of carbonyl (C=O) groups excluding carboxylic acids is 1. The van der Waals surface area contributed by atoms with Crippen molar-refractivity contribution in [3.63, 3.8) is 0 Å². The zero-order valence-corrected chi connectivity index (χ0v) is 22.0. The molecule has 0 unspecified atom stereocenters. The van der Waals surface area contributed by atoms with E-state index in [1.54, 1.807) is 32.5 Å². The number of pyridine rings is 1. The third-order valence-electron chi connectivity index (χ3n) is 6.23. The third-order valence-corrected chi connectivity index (χ3v) is 6.23. The Morgan fingerprint density at radius 1 is 0.946 bits per heavy atom. The van der Waals surface area contributed by atoms with Gasteiger partial charge < -0.3 is 23.8 Å². The number of esters is 1. The highest BCUT2D eigenvalue weighted by Crippen LogP contribution is 2.26. The maximum absolute atomic E-state index is 12.5. The number of nitrogens with zero attached hydrogens (tertiary/aromatic N) is 3. The van der Waals surface area contributed by atoms with Crippen molar-refractivity contribution in [1.29, 1.82) is 0 Å². The summed E-state index contributed by atoms with van der Waals surface area (Å²) in [5.41, 5.74) is 2.67. The highest BCUT2D eigenvalue weighted by Gasteiger charge is 2.23. The van der Waals surface area contributed by atoms with Crippen molar-refractivity contribution in [2.75, 3.05) is 45.3 Å². The summed E-state index contributed by atoms with van der Waals surface area (Å²) in [6.45, 7) is 8.29. The van der Waals surface area contributed by atoms with Gasteiger partial charge in [-0.25, -0.2) is 9.78 Å². The van der Waals surface area contributed by atoms with Crippen LogP contribution in [0, 0.1) is 0 Å². The molecule has 0 bridgehead atoms. The summed E-state index contributed by atoms with van der Waals surface area (Å²) >= 11 is 0. The number of anilines is 1. The molecule has 0 aliphatic carbocycles. The molecule has 2 aromatic carbocycles. The van der Waals surface area contributed by atoms with Gasteiger partial charge >= 0.3 is 5.97 Å². The zero-order chi connectivity index (χ0) is 26.2. The summed E-state index contributed by atoms with van der Waals surface area (Å²) in [5.74, 6) is 2.71. The second-order valence-electron chi connectivity index (χ2n) is 9.20. The van der Waals surface area contributed by atoms with Crippen LogP contribution in [0.25, 0.3) is 0 Å². The molecule has 2 heterocycles. The van der Waals surface area contributed by atoms with E-state index in [9.17, 15) is 4.79 Å². The quantitative estimate of drug-likeness (QED) is 0.371. The Morgan fingerprint density at radius 2 is 1.68 bits per heavy atom.